The van der Waals surface area contributed by atoms with Crippen molar-refractivity contribution in [2.24, 2.45) is 0 Å². The highest BCUT2D eigenvalue weighted by Crippen LogP contribution is 2.30. The Bertz CT molecular complexity index is 506. The van der Waals surface area contributed by atoms with E-state index in [1.165, 1.54) is 6.92 Å². The van der Waals surface area contributed by atoms with E-state index in [-0.39, 0.29) is 0 Å². The van der Waals surface area contributed by atoms with Crippen LogP contribution in [0.25, 0.3) is 0 Å². The smallest absolute Gasteiger partial charge is 0.305 e. The number of ether oxygens (including phenoxy) is 5. The van der Waals surface area contributed by atoms with Gasteiger partial charge >= 0.3 is 23.9 Å². The first kappa shape index (κ1) is 20.6. The van der Waals surface area contributed by atoms with Gasteiger partial charge in [-0.15, -0.1) is 0 Å². The van der Waals surface area contributed by atoms with Gasteiger partial charge in [-0.25, -0.2) is 0 Å². The molecule has 0 aliphatic carbocycles. The van der Waals surface area contributed by atoms with Crippen molar-refractivity contribution in [1.82, 2.24) is 0 Å². The van der Waals surface area contributed by atoms with Gasteiger partial charge in [0.1, 0.15) is 6.10 Å². The van der Waals surface area contributed by atoms with Crippen molar-refractivity contribution in [1.29, 1.82) is 0 Å². The fraction of sp³-hybridized carbons (Fsp3) is 0.714. The normalized spacial score (nSPS) is 29.3. The number of carbonyl (C=O) groups excluding carboxylic acids is 4. The number of esters is 4. The monoisotopic (exact) mass is 458 g/mol. The van der Waals surface area contributed by atoms with Crippen molar-refractivity contribution in [2.45, 2.75) is 58.4 Å². The van der Waals surface area contributed by atoms with Gasteiger partial charge in [0, 0.05) is 32.1 Å². The Morgan fingerprint density at radius 1 is 0.750 bits per heavy atom. The SMILES string of the molecule is CC(=O)O[C@H]1O[C@H](CI)[C@@H](OC(C)=O)[C@H](OC(C)=O)[C@H]1OC(C)=O. The summed E-state index contributed by atoms with van der Waals surface area (Å²) in [5.41, 5.74) is 0. The van der Waals surface area contributed by atoms with Crippen LogP contribution in [0.5, 0.6) is 0 Å². The second-order valence-electron chi connectivity index (χ2n) is 5.03. The van der Waals surface area contributed by atoms with Crippen LogP contribution in [0.1, 0.15) is 27.7 Å². The predicted octanol–water partition coefficient (Wildman–Crippen LogP) is 0.504. The van der Waals surface area contributed by atoms with Crippen molar-refractivity contribution < 1.29 is 42.9 Å². The summed E-state index contributed by atoms with van der Waals surface area (Å²) in [6.07, 6.45) is -5.47. The molecule has 1 rings (SSSR count). The van der Waals surface area contributed by atoms with Gasteiger partial charge in [-0.1, -0.05) is 22.6 Å². The van der Waals surface area contributed by atoms with E-state index in [9.17, 15) is 19.2 Å². The maximum absolute atomic E-state index is 11.4. The Kier molecular flexibility index (Phi) is 7.87. The molecule has 0 spiro atoms. The average Bonchev–Trinajstić information content (AvgIpc) is 2.42. The van der Waals surface area contributed by atoms with E-state index in [4.69, 9.17) is 23.7 Å². The minimum atomic E-state index is -1.29. The molecule has 5 atom stereocenters. The number of rotatable bonds is 5. The van der Waals surface area contributed by atoms with Crippen LogP contribution in [0.2, 0.25) is 0 Å². The van der Waals surface area contributed by atoms with Crippen molar-refractivity contribution >= 4 is 46.5 Å². The van der Waals surface area contributed by atoms with Gasteiger partial charge < -0.3 is 23.7 Å². The first-order valence-corrected chi connectivity index (χ1v) is 8.58. The molecule has 1 fully saturated rings. The Morgan fingerprint density at radius 3 is 1.58 bits per heavy atom. The molecule has 0 N–H and O–H groups in total. The van der Waals surface area contributed by atoms with E-state index in [1.54, 1.807) is 0 Å². The fourth-order valence-corrected chi connectivity index (χ4v) is 2.95. The first-order valence-electron chi connectivity index (χ1n) is 7.06. The molecule has 0 unspecified atom stereocenters. The third kappa shape index (κ3) is 5.89. The minimum absolute atomic E-state index is 0.345. The minimum Gasteiger partial charge on any atom is -0.456 e. The largest absolute Gasteiger partial charge is 0.456 e. The molecule has 1 aliphatic rings. The van der Waals surface area contributed by atoms with Crippen LogP contribution in [0.15, 0.2) is 0 Å². The van der Waals surface area contributed by atoms with Crippen LogP contribution in [0.3, 0.4) is 0 Å². The summed E-state index contributed by atoms with van der Waals surface area (Å²) in [7, 11) is 0. The maximum Gasteiger partial charge on any atom is 0.305 e. The molecule has 0 bridgehead atoms. The summed E-state index contributed by atoms with van der Waals surface area (Å²) >= 11 is 1.98. The molecule has 0 aromatic carbocycles. The van der Waals surface area contributed by atoms with Gasteiger partial charge in [-0.2, -0.15) is 0 Å². The van der Waals surface area contributed by atoms with Gasteiger partial charge in [-0.3, -0.25) is 19.2 Å². The molecule has 0 amide bonds. The van der Waals surface area contributed by atoms with E-state index in [0.29, 0.717) is 4.43 Å². The summed E-state index contributed by atoms with van der Waals surface area (Å²) < 4.78 is 26.5. The van der Waals surface area contributed by atoms with Crippen molar-refractivity contribution in [3.8, 4) is 0 Å². The molecule has 24 heavy (non-hydrogen) atoms. The number of alkyl halides is 1. The third-order valence-corrected chi connectivity index (χ3v) is 3.80. The highest BCUT2D eigenvalue weighted by Gasteiger charge is 2.52. The summed E-state index contributed by atoms with van der Waals surface area (Å²) in [6.45, 7) is 4.65. The van der Waals surface area contributed by atoms with Crippen LogP contribution >= 0.6 is 22.6 Å². The van der Waals surface area contributed by atoms with Crippen LogP contribution in [-0.4, -0.2) is 59.0 Å². The van der Waals surface area contributed by atoms with Crippen LogP contribution in [-0.2, 0) is 42.9 Å². The zero-order chi connectivity index (χ0) is 18.4. The molecule has 0 aromatic rings. The molecule has 10 heteroatoms. The Morgan fingerprint density at radius 2 is 1.17 bits per heavy atom. The molecule has 1 heterocycles. The van der Waals surface area contributed by atoms with E-state index in [1.807, 2.05) is 22.6 Å². The zero-order valence-electron chi connectivity index (χ0n) is 13.6. The van der Waals surface area contributed by atoms with Gasteiger partial charge in [0.2, 0.25) is 12.4 Å². The summed E-state index contributed by atoms with van der Waals surface area (Å²) in [5.74, 6) is -2.67. The Labute approximate surface area is 152 Å². The van der Waals surface area contributed by atoms with Gasteiger partial charge in [0.05, 0.1) is 0 Å². The number of halogens is 1. The lowest BCUT2D eigenvalue weighted by Gasteiger charge is -2.43. The highest BCUT2D eigenvalue weighted by atomic mass is 127. The molecule has 9 nitrogen and oxygen atoms in total. The molecule has 136 valence electrons. The predicted molar refractivity (Wildman–Crippen MR) is 86.0 cm³/mol. The lowest BCUT2D eigenvalue weighted by Crippen LogP contribution is -2.62. The molecule has 0 saturated carbocycles. The Hall–Kier alpha value is -1.43. The molecule has 0 radical (unpaired) electrons. The van der Waals surface area contributed by atoms with Crippen molar-refractivity contribution in [3.63, 3.8) is 0 Å². The van der Waals surface area contributed by atoms with E-state index in [2.05, 4.69) is 0 Å². The zero-order valence-corrected chi connectivity index (χ0v) is 15.8. The maximum atomic E-state index is 11.4. The molecule has 0 aromatic heterocycles. The molecule has 1 saturated heterocycles. The highest BCUT2D eigenvalue weighted by molar-refractivity contribution is 14.1. The molecule has 1 aliphatic heterocycles. The summed E-state index contributed by atoms with van der Waals surface area (Å²) in [5, 5.41) is 0. The molecular formula is C14H19IO9. The third-order valence-electron chi connectivity index (χ3n) is 2.93. The van der Waals surface area contributed by atoms with Crippen LogP contribution in [0, 0.1) is 0 Å². The fourth-order valence-electron chi connectivity index (χ4n) is 2.24. The van der Waals surface area contributed by atoms with Crippen molar-refractivity contribution in [3.05, 3.63) is 0 Å². The quantitative estimate of drug-likeness (QED) is 0.252. The van der Waals surface area contributed by atoms with Crippen LogP contribution in [0.4, 0.5) is 0 Å². The lowest BCUT2D eigenvalue weighted by atomic mass is 9.99. The standard InChI is InChI=1S/C14H19IO9/c1-6(16)20-11-10(5-15)24-14(23-9(4)19)13(22-8(3)18)12(11)21-7(2)17/h10-14H,5H2,1-4H3/t10-,11-,12+,13-,14+/m1/s1. The van der Waals surface area contributed by atoms with Gasteiger partial charge in [0.25, 0.3) is 0 Å². The van der Waals surface area contributed by atoms with Crippen LogP contribution < -0.4 is 0 Å². The second-order valence-corrected chi connectivity index (χ2v) is 5.91. The van der Waals surface area contributed by atoms with Gasteiger partial charge in [0.15, 0.2) is 12.2 Å². The number of hydrogen-bond acceptors (Lipinski definition) is 9. The van der Waals surface area contributed by atoms with Gasteiger partial charge in [-0.05, 0) is 0 Å². The summed E-state index contributed by atoms with van der Waals surface area (Å²) in [6, 6.07) is 0. The summed E-state index contributed by atoms with van der Waals surface area (Å²) in [4.78, 5) is 45.5. The second kappa shape index (κ2) is 9.16. The number of hydrogen-bond donors (Lipinski definition) is 0. The first-order chi connectivity index (χ1) is 11.1. The Balaban J connectivity index is 3.23. The number of carbonyl (C=O) groups is 4. The van der Waals surface area contributed by atoms with Crippen molar-refractivity contribution in [2.75, 3.05) is 4.43 Å². The van der Waals surface area contributed by atoms with E-state index >= 15 is 0 Å². The average molecular weight is 458 g/mol. The lowest BCUT2D eigenvalue weighted by molar-refractivity contribution is -0.291. The van der Waals surface area contributed by atoms with E-state index in [0.717, 1.165) is 20.8 Å². The van der Waals surface area contributed by atoms with E-state index < -0.39 is 54.6 Å². The molecular weight excluding hydrogens is 439 g/mol. The topological polar surface area (TPSA) is 114 Å².